The van der Waals surface area contributed by atoms with Crippen LogP contribution in [0.15, 0.2) is 41.9 Å². The number of hydrogen-bond donors (Lipinski definition) is 2. The molecule has 0 aliphatic carbocycles. The number of carbonyl (C=O) groups excluding carboxylic acids is 1. The second kappa shape index (κ2) is 7.76. The topological polar surface area (TPSA) is 110 Å². The molecule has 9 nitrogen and oxygen atoms in total. The Balaban J connectivity index is 1.57. The monoisotopic (exact) mass is 427 g/mol. The maximum absolute atomic E-state index is 13.0. The zero-order valence-corrected chi connectivity index (χ0v) is 17.3. The molecule has 0 fully saturated rings. The van der Waals surface area contributed by atoms with E-state index < -0.39 is 10.8 Å². The van der Waals surface area contributed by atoms with Crippen LogP contribution in [0.2, 0.25) is 0 Å². The molecule has 0 radical (unpaired) electrons. The summed E-state index contributed by atoms with van der Waals surface area (Å²) in [6, 6.07) is 10.4. The van der Waals surface area contributed by atoms with Crippen LogP contribution in [0, 0.1) is 0 Å². The third-order valence-corrected chi connectivity index (χ3v) is 4.76. The van der Waals surface area contributed by atoms with E-state index in [1.165, 1.54) is 16.2 Å². The number of aromatic amines is 1. The molecule has 1 N–H and O–H groups in total. The van der Waals surface area contributed by atoms with Crippen molar-refractivity contribution in [2.45, 2.75) is 18.6 Å². The lowest BCUT2D eigenvalue weighted by atomic mass is 10.2. The summed E-state index contributed by atoms with van der Waals surface area (Å²) in [5, 5.41) is 13.8. The van der Waals surface area contributed by atoms with Gasteiger partial charge in [-0.15, -0.1) is 21.5 Å². The fourth-order valence-electron chi connectivity index (χ4n) is 2.63. The quantitative estimate of drug-likeness (QED) is 0.468. The number of thiol groups is 1. The lowest BCUT2D eigenvalue weighted by Gasteiger charge is -2.27. The zero-order chi connectivity index (χ0) is 20.4. The van der Waals surface area contributed by atoms with Crippen molar-refractivity contribution in [1.29, 1.82) is 0 Å². The zero-order valence-electron chi connectivity index (χ0n) is 15.6. The van der Waals surface area contributed by atoms with Crippen LogP contribution in [0.5, 0.6) is 5.75 Å². The Hall–Kier alpha value is -3.05. The number of nitrogens with one attached hydrogen (secondary N) is 1. The molecule has 11 heteroatoms. The van der Waals surface area contributed by atoms with Crippen LogP contribution in [-0.4, -0.2) is 48.0 Å². The van der Waals surface area contributed by atoms with E-state index >= 15 is 0 Å². The van der Waals surface area contributed by atoms with E-state index in [4.69, 9.17) is 4.74 Å². The molecule has 0 saturated heterocycles. The SMILES string of the molecule is CC(C)(S)CN(C(=O)Oc1ccc(-c2nn[nH]n2)cc1)c1ccc2ncsc2n1. The molecule has 0 bridgehead atoms. The predicted molar refractivity (Wildman–Crippen MR) is 113 cm³/mol. The number of amides is 1. The molecule has 4 aromatic rings. The number of fused-ring (bicyclic) bond motifs is 1. The highest BCUT2D eigenvalue weighted by molar-refractivity contribution is 7.81. The smallest absolute Gasteiger partial charge is 0.410 e. The van der Waals surface area contributed by atoms with E-state index in [0.29, 0.717) is 23.9 Å². The minimum atomic E-state index is -0.546. The number of carbonyl (C=O) groups is 1. The summed E-state index contributed by atoms with van der Waals surface area (Å²) >= 11 is 5.98. The van der Waals surface area contributed by atoms with Crippen molar-refractivity contribution in [2.75, 3.05) is 11.4 Å². The Bertz CT molecular complexity index is 1120. The first-order chi connectivity index (χ1) is 13.9. The van der Waals surface area contributed by atoms with Crippen LogP contribution >= 0.6 is 24.0 Å². The number of thiazole rings is 1. The number of anilines is 1. The summed E-state index contributed by atoms with van der Waals surface area (Å²) in [4.78, 5) is 24.0. The van der Waals surface area contributed by atoms with E-state index in [1.54, 1.807) is 35.8 Å². The first kappa shape index (κ1) is 19.3. The molecule has 1 aromatic carbocycles. The molecule has 29 heavy (non-hydrogen) atoms. The average molecular weight is 428 g/mol. The third kappa shape index (κ3) is 4.51. The van der Waals surface area contributed by atoms with Crippen molar-refractivity contribution >= 4 is 46.2 Å². The van der Waals surface area contributed by atoms with Crippen molar-refractivity contribution in [1.82, 2.24) is 30.6 Å². The number of aromatic nitrogens is 6. The van der Waals surface area contributed by atoms with Crippen molar-refractivity contribution < 1.29 is 9.53 Å². The molecule has 0 aliphatic heterocycles. The van der Waals surface area contributed by atoms with Crippen molar-refractivity contribution in [3.8, 4) is 17.1 Å². The third-order valence-electron chi connectivity index (χ3n) is 3.89. The number of tetrazole rings is 1. The van der Waals surface area contributed by atoms with Gasteiger partial charge in [0.2, 0.25) is 5.82 Å². The second-order valence-electron chi connectivity index (χ2n) is 6.87. The number of H-pyrrole nitrogens is 1. The number of ether oxygens (including phenoxy) is 1. The Labute approximate surface area is 175 Å². The first-order valence-corrected chi connectivity index (χ1v) is 9.98. The molecular formula is C18H17N7O2S2. The van der Waals surface area contributed by atoms with Crippen LogP contribution < -0.4 is 9.64 Å². The Morgan fingerprint density at radius 3 is 2.72 bits per heavy atom. The molecule has 0 aliphatic rings. The van der Waals surface area contributed by atoms with Gasteiger partial charge in [-0.2, -0.15) is 17.8 Å². The molecule has 0 saturated carbocycles. The van der Waals surface area contributed by atoms with E-state index in [1.807, 2.05) is 19.9 Å². The number of hydrogen-bond acceptors (Lipinski definition) is 9. The normalized spacial score (nSPS) is 11.6. The lowest BCUT2D eigenvalue weighted by Crippen LogP contribution is -2.42. The van der Waals surface area contributed by atoms with Gasteiger partial charge in [0.05, 0.1) is 5.51 Å². The minimum absolute atomic E-state index is 0.313. The van der Waals surface area contributed by atoms with Gasteiger partial charge >= 0.3 is 6.09 Å². The maximum atomic E-state index is 13.0. The molecule has 3 aromatic heterocycles. The summed E-state index contributed by atoms with van der Waals surface area (Å²) in [5.41, 5.74) is 3.26. The van der Waals surface area contributed by atoms with Gasteiger partial charge in [0.1, 0.15) is 21.9 Å². The van der Waals surface area contributed by atoms with Gasteiger partial charge in [-0.3, -0.25) is 4.90 Å². The summed E-state index contributed by atoms with van der Waals surface area (Å²) < 4.78 is 5.13. The Kier molecular flexibility index (Phi) is 5.16. The molecule has 0 atom stereocenters. The highest BCUT2D eigenvalue weighted by Crippen LogP contribution is 2.25. The Morgan fingerprint density at radius 1 is 1.24 bits per heavy atom. The lowest BCUT2D eigenvalue weighted by molar-refractivity contribution is 0.207. The predicted octanol–water partition coefficient (Wildman–Crippen LogP) is 3.59. The largest absolute Gasteiger partial charge is 0.420 e. The van der Waals surface area contributed by atoms with Crippen molar-refractivity contribution in [3.63, 3.8) is 0 Å². The standard InChI is InChI=1S/C18H17N7O2S2/c1-18(2,28)9-25(14-8-7-13-16(20-14)29-10-19-13)17(26)27-12-5-3-11(4-6-12)15-21-23-24-22-15/h3-8,10,28H,9H2,1-2H3,(H,21,22,23,24). The molecule has 4 rings (SSSR count). The summed E-state index contributed by atoms with van der Waals surface area (Å²) in [7, 11) is 0. The first-order valence-electron chi connectivity index (χ1n) is 8.65. The van der Waals surface area contributed by atoms with E-state index in [2.05, 4.69) is 43.2 Å². The maximum Gasteiger partial charge on any atom is 0.420 e. The van der Waals surface area contributed by atoms with Gasteiger partial charge in [-0.1, -0.05) is 0 Å². The van der Waals surface area contributed by atoms with Gasteiger partial charge in [-0.25, -0.2) is 14.8 Å². The van der Waals surface area contributed by atoms with Crippen molar-refractivity contribution in [2.24, 2.45) is 0 Å². The fraction of sp³-hybridized carbons (Fsp3) is 0.222. The molecule has 0 spiro atoms. The molecule has 3 heterocycles. The van der Waals surface area contributed by atoms with E-state index in [0.717, 1.165) is 15.9 Å². The van der Waals surface area contributed by atoms with Crippen LogP contribution in [0.3, 0.4) is 0 Å². The minimum Gasteiger partial charge on any atom is -0.410 e. The molecule has 1 amide bonds. The highest BCUT2D eigenvalue weighted by Gasteiger charge is 2.26. The molecule has 0 unspecified atom stereocenters. The number of pyridine rings is 1. The van der Waals surface area contributed by atoms with Gasteiger partial charge in [-0.05, 0) is 55.5 Å². The fourth-order valence-corrected chi connectivity index (χ4v) is 3.43. The highest BCUT2D eigenvalue weighted by atomic mass is 32.1. The number of benzene rings is 1. The van der Waals surface area contributed by atoms with Crippen LogP contribution in [0.4, 0.5) is 10.6 Å². The Morgan fingerprint density at radius 2 is 2.03 bits per heavy atom. The van der Waals surface area contributed by atoms with E-state index in [-0.39, 0.29) is 0 Å². The average Bonchev–Trinajstić information content (AvgIpc) is 3.37. The van der Waals surface area contributed by atoms with Crippen LogP contribution in [0.25, 0.3) is 21.7 Å². The van der Waals surface area contributed by atoms with Crippen LogP contribution in [0.1, 0.15) is 13.8 Å². The molecular weight excluding hydrogens is 410 g/mol. The summed E-state index contributed by atoms with van der Waals surface area (Å²) in [6.45, 7) is 4.15. The number of nitrogens with zero attached hydrogens (tertiary/aromatic N) is 6. The van der Waals surface area contributed by atoms with E-state index in [9.17, 15) is 4.79 Å². The summed E-state index contributed by atoms with van der Waals surface area (Å²) in [6.07, 6.45) is -0.546. The van der Waals surface area contributed by atoms with Gasteiger partial charge < -0.3 is 4.74 Å². The van der Waals surface area contributed by atoms with Gasteiger partial charge in [0.15, 0.2) is 0 Å². The summed E-state index contributed by atoms with van der Waals surface area (Å²) in [5.74, 6) is 1.34. The molecule has 148 valence electrons. The number of rotatable bonds is 5. The van der Waals surface area contributed by atoms with Gasteiger partial charge in [0.25, 0.3) is 0 Å². The van der Waals surface area contributed by atoms with Crippen molar-refractivity contribution in [3.05, 3.63) is 41.9 Å². The van der Waals surface area contributed by atoms with Gasteiger partial charge in [0, 0.05) is 16.9 Å². The van der Waals surface area contributed by atoms with Crippen LogP contribution in [-0.2, 0) is 0 Å². The second-order valence-corrected chi connectivity index (χ2v) is 8.92.